The molecule has 0 spiro atoms. The SMILES string of the molecule is CC(C)C(C)(O[Si](C)(C)c1ccccc1)[Si](C)(C)c1ccccc1. The molecule has 2 aromatic carbocycles. The summed E-state index contributed by atoms with van der Waals surface area (Å²) in [5, 5.41) is 2.73. The summed E-state index contributed by atoms with van der Waals surface area (Å²) in [5.41, 5.74) is 0. The average molecular weight is 357 g/mol. The van der Waals surface area contributed by atoms with Crippen molar-refractivity contribution in [2.45, 2.75) is 52.2 Å². The third-order valence-corrected chi connectivity index (χ3v) is 13.6. The molecule has 0 N–H and O–H groups in total. The van der Waals surface area contributed by atoms with E-state index in [9.17, 15) is 0 Å². The lowest BCUT2D eigenvalue weighted by Gasteiger charge is -2.50. The molecule has 0 saturated carbocycles. The van der Waals surface area contributed by atoms with Crippen LogP contribution in [0.3, 0.4) is 0 Å². The average Bonchev–Trinajstić information content (AvgIpc) is 2.55. The van der Waals surface area contributed by atoms with Crippen LogP contribution in [0.5, 0.6) is 0 Å². The normalized spacial score (nSPS) is 15.3. The Morgan fingerprint density at radius 1 is 0.750 bits per heavy atom. The van der Waals surface area contributed by atoms with Gasteiger partial charge in [0.05, 0.1) is 5.22 Å². The summed E-state index contributed by atoms with van der Waals surface area (Å²) in [6.07, 6.45) is 0. The van der Waals surface area contributed by atoms with Gasteiger partial charge in [-0.2, -0.15) is 0 Å². The highest BCUT2D eigenvalue weighted by atomic mass is 28.4. The zero-order valence-electron chi connectivity index (χ0n) is 16.3. The van der Waals surface area contributed by atoms with E-state index in [1.54, 1.807) is 0 Å². The van der Waals surface area contributed by atoms with Crippen molar-refractivity contribution >= 4 is 26.8 Å². The molecule has 0 aliphatic rings. The Morgan fingerprint density at radius 2 is 1.17 bits per heavy atom. The highest BCUT2D eigenvalue weighted by Crippen LogP contribution is 2.35. The molecule has 0 aliphatic carbocycles. The first-order valence-electron chi connectivity index (χ1n) is 8.92. The molecular weight excluding hydrogens is 324 g/mol. The minimum absolute atomic E-state index is 0.111. The van der Waals surface area contributed by atoms with E-state index in [4.69, 9.17) is 4.43 Å². The largest absolute Gasteiger partial charge is 0.410 e. The Labute approximate surface area is 150 Å². The van der Waals surface area contributed by atoms with E-state index < -0.39 is 16.4 Å². The first-order valence-corrected chi connectivity index (χ1v) is 14.8. The summed E-state index contributed by atoms with van der Waals surface area (Å²) in [7, 11) is -3.81. The fraction of sp³-hybridized carbons (Fsp3) is 0.429. The molecule has 0 amide bonds. The van der Waals surface area contributed by atoms with Crippen LogP contribution in [-0.4, -0.2) is 21.6 Å². The van der Waals surface area contributed by atoms with E-state index in [1.807, 2.05) is 0 Å². The lowest BCUT2D eigenvalue weighted by molar-refractivity contribution is 0.109. The molecule has 0 heterocycles. The molecule has 1 atom stereocenters. The van der Waals surface area contributed by atoms with Gasteiger partial charge in [0.25, 0.3) is 0 Å². The predicted octanol–water partition coefficient (Wildman–Crippen LogP) is 4.68. The van der Waals surface area contributed by atoms with E-state index >= 15 is 0 Å². The molecule has 24 heavy (non-hydrogen) atoms. The monoisotopic (exact) mass is 356 g/mol. The van der Waals surface area contributed by atoms with Gasteiger partial charge in [0, 0.05) is 0 Å². The van der Waals surface area contributed by atoms with Crippen LogP contribution in [-0.2, 0) is 4.43 Å². The highest BCUT2D eigenvalue weighted by molar-refractivity contribution is 6.93. The lowest BCUT2D eigenvalue weighted by Crippen LogP contribution is -2.68. The zero-order valence-corrected chi connectivity index (χ0v) is 18.3. The van der Waals surface area contributed by atoms with E-state index in [-0.39, 0.29) is 5.22 Å². The fourth-order valence-electron chi connectivity index (χ4n) is 3.54. The second-order valence-electron chi connectivity index (χ2n) is 8.23. The number of benzene rings is 2. The van der Waals surface area contributed by atoms with Crippen LogP contribution in [0, 0.1) is 5.92 Å². The molecule has 0 saturated heterocycles. The van der Waals surface area contributed by atoms with Crippen molar-refractivity contribution in [3.63, 3.8) is 0 Å². The fourth-order valence-corrected chi connectivity index (χ4v) is 10.8. The van der Waals surface area contributed by atoms with E-state index in [0.717, 1.165) is 0 Å². The molecule has 0 bridgehead atoms. The van der Waals surface area contributed by atoms with Gasteiger partial charge in [-0.3, -0.25) is 0 Å². The molecule has 0 aromatic heterocycles. The molecular formula is C21H32OSi2. The van der Waals surface area contributed by atoms with Crippen molar-refractivity contribution in [3.8, 4) is 0 Å². The Morgan fingerprint density at radius 3 is 1.58 bits per heavy atom. The Hall–Kier alpha value is -1.17. The van der Waals surface area contributed by atoms with Crippen molar-refractivity contribution in [3.05, 3.63) is 60.7 Å². The van der Waals surface area contributed by atoms with Gasteiger partial charge >= 0.3 is 0 Å². The van der Waals surface area contributed by atoms with Crippen molar-refractivity contribution in [1.29, 1.82) is 0 Å². The van der Waals surface area contributed by atoms with Gasteiger partial charge in [0.1, 0.15) is 8.07 Å². The van der Waals surface area contributed by atoms with Crippen molar-refractivity contribution in [2.75, 3.05) is 0 Å². The Kier molecular flexibility index (Phi) is 5.58. The molecule has 3 heteroatoms. The van der Waals surface area contributed by atoms with E-state index in [1.165, 1.54) is 10.4 Å². The van der Waals surface area contributed by atoms with Crippen LogP contribution < -0.4 is 10.4 Å². The maximum absolute atomic E-state index is 7.09. The predicted molar refractivity (Wildman–Crippen MR) is 111 cm³/mol. The van der Waals surface area contributed by atoms with Crippen LogP contribution in [0.2, 0.25) is 26.2 Å². The van der Waals surface area contributed by atoms with Gasteiger partial charge in [0.15, 0.2) is 0 Å². The van der Waals surface area contributed by atoms with Crippen LogP contribution in [0.25, 0.3) is 0 Å². The molecule has 1 unspecified atom stereocenters. The number of rotatable bonds is 6. The maximum Gasteiger partial charge on any atom is 0.218 e. The molecule has 0 aliphatic heterocycles. The first-order chi connectivity index (χ1) is 11.1. The van der Waals surface area contributed by atoms with Gasteiger partial charge in [-0.1, -0.05) is 92.8 Å². The van der Waals surface area contributed by atoms with Crippen molar-refractivity contribution < 1.29 is 4.43 Å². The summed E-state index contributed by atoms with van der Waals surface area (Å²) in [6, 6.07) is 21.8. The van der Waals surface area contributed by atoms with E-state index in [2.05, 4.69) is 108 Å². The second-order valence-corrected chi connectivity index (χ2v) is 16.9. The highest BCUT2D eigenvalue weighted by Gasteiger charge is 2.50. The zero-order chi connectivity index (χ0) is 18.0. The van der Waals surface area contributed by atoms with Crippen LogP contribution >= 0.6 is 0 Å². The van der Waals surface area contributed by atoms with Gasteiger partial charge < -0.3 is 4.43 Å². The molecule has 1 nitrogen and oxygen atoms in total. The number of hydrogen-bond donors (Lipinski definition) is 0. The third kappa shape index (κ3) is 3.58. The van der Waals surface area contributed by atoms with Crippen molar-refractivity contribution in [2.24, 2.45) is 5.92 Å². The smallest absolute Gasteiger partial charge is 0.218 e. The summed E-state index contributed by atoms with van der Waals surface area (Å²) in [6.45, 7) is 16.6. The standard InChI is InChI=1S/C21H32OSi2/c1-18(2)21(3,23(4,5)19-14-10-8-11-15-19)22-24(6,7)20-16-12-9-13-17-20/h8-18H,1-7H3. The third-order valence-electron chi connectivity index (χ3n) is 5.77. The topological polar surface area (TPSA) is 9.23 Å². The second kappa shape index (κ2) is 6.99. The minimum Gasteiger partial charge on any atom is -0.410 e. The molecule has 2 aromatic rings. The first kappa shape index (κ1) is 19.2. The molecule has 2 rings (SSSR count). The molecule has 130 valence electrons. The van der Waals surface area contributed by atoms with Gasteiger partial charge in [-0.25, -0.2) is 0 Å². The van der Waals surface area contributed by atoms with Crippen LogP contribution in [0.4, 0.5) is 0 Å². The minimum atomic E-state index is -1.99. The van der Waals surface area contributed by atoms with Gasteiger partial charge in [-0.05, 0) is 31.1 Å². The summed E-state index contributed by atoms with van der Waals surface area (Å²) in [4.78, 5) is 0. The Balaban J connectivity index is 2.45. The Bertz CT molecular complexity index is 650. The summed E-state index contributed by atoms with van der Waals surface area (Å²) in [5.74, 6) is 0.467. The van der Waals surface area contributed by atoms with Gasteiger partial charge in [0.2, 0.25) is 8.32 Å². The van der Waals surface area contributed by atoms with Crippen LogP contribution in [0.1, 0.15) is 20.8 Å². The molecule has 0 fully saturated rings. The summed E-state index contributed by atoms with van der Waals surface area (Å²) >= 11 is 0. The number of hydrogen-bond acceptors (Lipinski definition) is 1. The quantitative estimate of drug-likeness (QED) is 0.683. The lowest BCUT2D eigenvalue weighted by atomic mass is 10.1. The maximum atomic E-state index is 7.09. The molecule has 0 radical (unpaired) electrons. The summed E-state index contributed by atoms with van der Waals surface area (Å²) < 4.78 is 7.09. The van der Waals surface area contributed by atoms with E-state index in [0.29, 0.717) is 5.92 Å². The van der Waals surface area contributed by atoms with Gasteiger partial charge in [-0.15, -0.1) is 0 Å². The van der Waals surface area contributed by atoms with Crippen LogP contribution in [0.15, 0.2) is 60.7 Å². The van der Waals surface area contributed by atoms with Crippen molar-refractivity contribution in [1.82, 2.24) is 0 Å².